The molecule has 110 valence electrons. The highest BCUT2D eigenvalue weighted by molar-refractivity contribution is 5.76. The van der Waals surface area contributed by atoms with Crippen LogP contribution in [-0.2, 0) is 16.6 Å². The van der Waals surface area contributed by atoms with Gasteiger partial charge in [0.25, 0.3) is 0 Å². The molecule has 1 amide bonds. The second kappa shape index (κ2) is 6.40. The Morgan fingerprint density at radius 3 is 2.55 bits per heavy atom. The van der Waals surface area contributed by atoms with Gasteiger partial charge in [0.1, 0.15) is 0 Å². The minimum Gasteiger partial charge on any atom is -0.352 e. The number of hydrogen-bond acceptors (Lipinski definition) is 2. The van der Waals surface area contributed by atoms with Gasteiger partial charge in [0, 0.05) is 19.0 Å². The summed E-state index contributed by atoms with van der Waals surface area (Å²) in [5.41, 5.74) is 2.76. The van der Waals surface area contributed by atoms with Crippen LogP contribution >= 0.6 is 0 Å². The van der Waals surface area contributed by atoms with Crippen molar-refractivity contribution in [1.29, 1.82) is 0 Å². The van der Waals surface area contributed by atoms with E-state index in [0.717, 1.165) is 25.9 Å². The maximum Gasteiger partial charge on any atom is 0.220 e. The van der Waals surface area contributed by atoms with Crippen molar-refractivity contribution in [3.8, 4) is 0 Å². The largest absolute Gasteiger partial charge is 0.352 e. The first-order valence-corrected chi connectivity index (χ1v) is 7.54. The molecule has 2 N–H and O–H groups in total. The van der Waals surface area contributed by atoms with Crippen molar-refractivity contribution in [3.63, 3.8) is 0 Å². The predicted molar refractivity (Wildman–Crippen MR) is 82.9 cm³/mol. The van der Waals surface area contributed by atoms with E-state index in [9.17, 15) is 4.79 Å². The smallest absolute Gasteiger partial charge is 0.220 e. The van der Waals surface area contributed by atoms with Crippen LogP contribution in [0.5, 0.6) is 0 Å². The highest BCUT2D eigenvalue weighted by Crippen LogP contribution is 2.22. The van der Waals surface area contributed by atoms with Gasteiger partial charge in [0.15, 0.2) is 0 Å². The average Bonchev–Trinajstić information content (AvgIpc) is 2.88. The van der Waals surface area contributed by atoms with Crippen LogP contribution in [0.15, 0.2) is 24.3 Å². The molecule has 0 radical (unpaired) electrons. The molecule has 0 aliphatic carbocycles. The van der Waals surface area contributed by atoms with E-state index in [1.807, 2.05) is 0 Å². The first-order valence-electron chi connectivity index (χ1n) is 7.54. The molecule has 0 spiro atoms. The number of aryl methyl sites for hydroxylation is 1. The van der Waals surface area contributed by atoms with Crippen molar-refractivity contribution in [2.24, 2.45) is 0 Å². The van der Waals surface area contributed by atoms with Crippen molar-refractivity contribution in [1.82, 2.24) is 10.6 Å². The molecule has 1 atom stereocenters. The van der Waals surface area contributed by atoms with Gasteiger partial charge in [0.05, 0.1) is 0 Å². The predicted octanol–water partition coefficient (Wildman–Crippen LogP) is 2.39. The highest BCUT2D eigenvalue weighted by Gasteiger charge is 2.16. The molecule has 20 heavy (non-hydrogen) atoms. The fourth-order valence-corrected chi connectivity index (χ4v) is 2.51. The minimum atomic E-state index is 0.165. The number of nitrogens with one attached hydrogen (secondary N) is 2. The van der Waals surface area contributed by atoms with Crippen LogP contribution in [0.4, 0.5) is 0 Å². The third-order valence-corrected chi connectivity index (χ3v) is 3.89. The Kier molecular flexibility index (Phi) is 4.81. The molecule has 1 aromatic rings. The lowest BCUT2D eigenvalue weighted by molar-refractivity contribution is -0.121. The molecule has 1 fully saturated rings. The van der Waals surface area contributed by atoms with E-state index >= 15 is 0 Å². The van der Waals surface area contributed by atoms with E-state index in [1.165, 1.54) is 11.1 Å². The zero-order chi connectivity index (χ0) is 14.6. The van der Waals surface area contributed by atoms with Crippen LogP contribution in [0.3, 0.4) is 0 Å². The lowest BCUT2D eigenvalue weighted by atomic mass is 9.86. The molecule has 1 heterocycles. The molecule has 1 aromatic carbocycles. The highest BCUT2D eigenvalue weighted by atomic mass is 16.1. The van der Waals surface area contributed by atoms with Gasteiger partial charge >= 0.3 is 0 Å². The second-order valence-corrected chi connectivity index (χ2v) is 6.70. The van der Waals surface area contributed by atoms with Gasteiger partial charge in [-0.1, -0.05) is 45.0 Å². The van der Waals surface area contributed by atoms with Crippen molar-refractivity contribution in [2.75, 3.05) is 13.1 Å². The zero-order valence-electron chi connectivity index (χ0n) is 12.8. The number of hydrogen-bond donors (Lipinski definition) is 2. The zero-order valence-corrected chi connectivity index (χ0v) is 12.8. The van der Waals surface area contributed by atoms with Gasteiger partial charge in [-0.15, -0.1) is 0 Å². The maximum atomic E-state index is 11.9. The van der Waals surface area contributed by atoms with Crippen LogP contribution in [-0.4, -0.2) is 25.0 Å². The van der Waals surface area contributed by atoms with Gasteiger partial charge in [-0.25, -0.2) is 0 Å². The van der Waals surface area contributed by atoms with E-state index in [-0.39, 0.29) is 11.3 Å². The second-order valence-electron chi connectivity index (χ2n) is 6.70. The summed E-state index contributed by atoms with van der Waals surface area (Å²) in [6.07, 6.45) is 2.44. The summed E-state index contributed by atoms with van der Waals surface area (Å²) in [6.45, 7) is 8.56. The summed E-state index contributed by atoms with van der Waals surface area (Å²) in [5.74, 6) is 0.165. The first-order chi connectivity index (χ1) is 9.45. The molecule has 1 unspecified atom stereocenters. The monoisotopic (exact) mass is 274 g/mol. The van der Waals surface area contributed by atoms with Crippen LogP contribution in [0.2, 0.25) is 0 Å². The quantitative estimate of drug-likeness (QED) is 0.885. The van der Waals surface area contributed by atoms with Gasteiger partial charge in [0.2, 0.25) is 5.91 Å². The molecule has 1 aliphatic heterocycles. The molecule has 0 aromatic heterocycles. The van der Waals surface area contributed by atoms with Crippen LogP contribution in [0.1, 0.15) is 44.7 Å². The van der Waals surface area contributed by atoms with Crippen molar-refractivity contribution in [2.45, 2.75) is 51.5 Å². The van der Waals surface area contributed by atoms with E-state index in [4.69, 9.17) is 0 Å². The summed E-state index contributed by atoms with van der Waals surface area (Å²) in [5, 5.41) is 6.34. The molecule has 0 saturated carbocycles. The van der Waals surface area contributed by atoms with Gasteiger partial charge in [-0.05, 0) is 35.9 Å². The normalized spacial score (nSPS) is 19.1. The van der Waals surface area contributed by atoms with E-state index in [2.05, 4.69) is 55.7 Å². The molecule has 1 aliphatic rings. The SMILES string of the molecule is CC(C)(C)c1ccc(CCC(=O)NC2CCNC2)cc1. The van der Waals surface area contributed by atoms with Crippen LogP contribution in [0, 0.1) is 0 Å². The Morgan fingerprint density at radius 1 is 1.30 bits per heavy atom. The fourth-order valence-electron chi connectivity index (χ4n) is 2.51. The molecule has 1 saturated heterocycles. The first kappa shape index (κ1) is 15.0. The molecule has 2 rings (SSSR count). The maximum absolute atomic E-state index is 11.9. The standard InChI is InChI=1S/C17H26N2O/c1-17(2,3)14-7-4-13(5-8-14)6-9-16(20)19-15-10-11-18-12-15/h4-5,7-8,15,18H,6,9-12H2,1-3H3,(H,19,20). The average molecular weight is 274 g/mol. The van der Waals surface area contributed by atoms with Crippen molar-refractivity contribution < 1.29 is 4.79 Å². The Labute approximate surface area is 122 Å². The Morgan fingerprint density at radius 2 is 2.00 bits per heavy atom. The Hall–Kier alpha value is -1.35. The van der Waals surface area contributed by atoms with Crippen molar-refractivity contribution in [3.05, 3.63) is 35.4 Å². The van der Waals surface area contributed by atoms with Crippen molar-refractivity contribution >= 4 is 5.91 Å². The number of carbonyl (C=O) groups is 1. The summed E-state index contributed by atoms with van der Waals surface area (Å²) < 4.78 is 0. The van der Waals surface area contributed by atoms with E-state index in [1.54, 1.807) is 0 Å². The molecular formula is C17H26N2O. The van der Waals surface area contributed by atoms with E-state index in [0.29, 0.717) is 12.5 Å². The van der Waals surface area contributed by atoms with Crippen LogP contribution in [0.25, 0.3) is 0 Å². The summed E-state index contributed by atoms with van der Waals surface area (Å²) in [4.78, 5) is 11.9. The lowest BCUT2D eigenvalue weighted by Gasteiger charge is -2.19. The summed E-state index contributed by atoms with van der Waals surface area (Å²) >= 11 is 0. The third kappa shape index (κ3) is 4.34. The van der Waals surface area contributed by atoms with Gasteiger partial charge < -0.3 is 10.6 Å². The summed E-state index contributed by atoms with van der Waals surface area (Å²) in [7, 11) is 0. The lowest BCUT2D eigenvalue weighted by Crippen LogP contribution is -2.36. The molecule has 3 nitrogen and oxygen atoms in total. The molecular weight excluding hydrogens is 248 g/mol. The molecule has 3 heteroatoms. The molecule has 0 bridgehead atoms. The van der Waals surface area contributed by atoms with Crippen LogP contribution < -0.4 is 10.6 Å². The number of carbonyl (C=O) groups excluding carboxylic acids is 1. The Bertz CT molecular complexity index is 439. The minimum absolute atomic E-state index is 0.165. The Balaban J connectivity index is 1.80. The topological polar surface area (TPSA) is 41.1 Å². The third-order valence-electron chi connectivity index (χ3n) is 3.89. The fraction of sp³-hybridized carbons (Fsp3) is 0.588. The van der Waals surface area contributed by atoms with E-state index < -0.39 is 0 Å². The summed E-state index contributed by atoms with van der Waals surface area (Å²) in [6, 6.07) is 8.96. The van der Waals surface area contributed by atoms with Gasteiger partial charge in [-0.3, -0.25) is 4.79 Å². The van der Waals surface area contributed by atoms with Gasteiger partial charge in [-0.2, -0.15) is 0 Å². The number of rotatable bonds is 4. The number of benzene rings is 1. The number of amides is 1.